The molecule has 4 rings (SSSR count). The first-order chi connectivity index (χ1) is 11.7. The minimum Gasteiger partial charge on any atom is -0.348 e. The number of benzene rings is 2. The van der Waals surface area contributed by atoms with Crippen molar-refractivity contribution in [2.45, 2.75) is 19.4 Å². The number of fused-ring (bicyclic) bond motifs is 1. The molecular weight excluding hydrogens is 300 g/mol. The Morgan fingerprint density at radius 1 is 1.21 bits per heavy atom. The maximum Gasteiger partial charge on any atom is 0.251 e. The Hall–Kier alpha value is -2.66. The van der Waals surface area contributed by atoms with Crippen LogP contribution in [0.5, 0.6) is 0 Å². The van der Waals surface area contributed by atoms with Gasteiger partial charge in [-0.05, 0) is 56.3 Å². The molecule has 5 nitrogen and oxygen atoms in total. The number of aromatic nitrogens is 2. The number of imidazole rings is 1. The first-order valence-corrected chi connectivity index (χ1v) is 8.28. The van der Waals surface area contributed by atoms with E-state index in [0.717, 1.165) is 42.1 Å². The Morgan fingerprint density at radius 2 is 2.00 bits per heavy atom. The SMILES string of the molecule is Cc1nc2ccccc2n1-c1ccc(C(=O)N[C@H]2CCNC2)cc1. The van der Waals surface area contributed by atoms with E-state index in [-0.39, 0.29) is 11.9 Å². The maximum absolute atomic E-state index is 12.3. The molecule has 0 unspecified atom stereocenters. The molecule has 0 saturated carbocycles. The summed E-state index contributed by atoms with van der Waals surface area (Å²) in [7, 11) is 0. The van der Waals surface area contributed by atoms with Gasteiger partial charge in [-0.1, -0.05) is 12.1 Å². The Kier molecular flexibility index (Phi) is 3.78. The standard InChI is InChI=1S/C19H20N4O/c1-13-21-17-4-2-3-5-18(17)23(13)16-8-6-14(7-9-16)19(24)22-15-10-11-20-12-15/h2-9,15,20H,10-12H2,1H3,(H,22,24)/t15-/m0/s1. The van der Waals surface area contributed by atoms with Gasteiger partial charge < -0.3 is 10.6 Å². The van der Waals surface area contributed by atoms with Crippen molar-refractivity contribution in [2.75, 3.05) is 13.1 Å². The van der Waals surface area contributed by atoms with E-state index in [1.54, 1.807) is 0 Å². The number of nitrogens with one attached hydrogen (secondary N) is 2. The fourth-order valence-electron chi connectivity index (χ4n) is 3.28. The van der Waals surface area contributed by atoms with Gasteiger partial charge in [-0.2, -0.15) is 0 Å². The van der Waals surface area contributed by atoms with Crippen LogP contribution in [-0.2, 0) is 0 Å². The Bertz CT molecular complexity index is 876. The van der Waals surface area contributed by atoms with Gasteiger partial charge in [0.15, 0.2) is 0 Å². The van der Waals surface area contributed by atoms with Gasteiger partial charge in [-0.25, -0.2) is 4.98 Å². The number of carbonyl (C=O) groups excluding carboxylic acids is 1. The van der Waals surface area contributed by atoms with E-state index in [1.165, 1.54) is 0 Å². The molecular formula is C19H20N4O. The summed E-state index contributed by atoms with van der Waals surface area (Å²) in [6.45, 7) is 3.81. The van der Waals surface area contributed by atoms with Crippen molar-refractivity contribution in [3.05, 3.63) is 59.9 Å². The number of hydrogen-bond donors (Lipinski definition) is 2. The molecule has 0 radical (unpaired) electrons. The lowest BCUT2D eigenvalue weighted by Crippen LogP contribution is -2.36. The summed E-state index contributed by atoms with van der Waals surface area (Å²) >= 11 is 0. The zero-order valence-electron chi connectivity index (χ0n) is 13.6. The van der Waals surface area contributed by atoms with Crippen LogP contribution in [0.3, 0.4) is 0 Å². The van der Waals surface area contributed by atoms with Crippen LogP contribution in [0.15, 0.2) is 48.5 Å². The molecule has 1 aliphatic rings. The second-order valence-electron chi connectivity index (χ2n) is 6.19. The van der Waals surface area contributed by atoms with E-state index in [2.05, 4.69) is 26.3 Å². The topological polar surface area (TPSA) is 59.0 Å². The van der Waals surface area contributed by atoms with E-state index >= 15 is 0 Å². The van der Waals surface area contributed by atoms with Crippen molar-refractivity contribution in [3.8, 4) is 5.69 Å². The van der Waals surface area contributed by atoms with Crippen molar-refractivity contribution in [2.24, 2.45) is 0 Å². The van der Waals surface area contributed by atoms with Gasteiger partial charge in [0.2, 0.25) is 0 Å². The molecule has 0 aliphatic carbocycles. The minimum absolute atomic E-state index is 0.0116. The van der Waals surface area contributed by atoms with Crippen LogP contribution in [0.1, 0.15) is 22.6 Å². The first kappa shape index (κ1) is 14.9. The van der Waals surface area contributed by atoms with Crippen LogP contribution in [-0.4, -0.2) is 34.6 Å². The number of hydrogen-bond acceptors (Lipinski definition) is 3. The molecule has 0 spiro atoms. The van der Waals surface area contributed by atoms with Crippen molar-refractivity contribution in [1.29, 1.82) is 0 Å². The van der Waals surface area contributed by atoms with Crippen LogP contribution < -0.4 is 10.6 Å². The van der Waals surface area contributed by atoms with Crippen LogP contribution in [0.2, 0.25) is 0 Å². The zero-order chi connectivity index (χ0) is 16.5. The summed E-state index contributed by atoms with van der Waals surface area (Å²) in [6.07, 6.45) is 0.990. The molecule has 1 saturated heterocycles. The fourth-order valence-corrected chi connectivity index (χ4v) is 3.28. The van der Waals surface area contributed by atoms with Gasteiger partial charge in [0, 0.05) is 23.8 Å². The van der Waals surface area contributed by atoms with Crippen molar-refractivity contribution in [1.82, 2.24) is 20.2 Å². The van der Waals surface area contributed by atoms with Crippen molar-refractivity contribution in [3.63, 3.8) is 0 Å². The molecule has 1 aromatic heterocycles. The van der Waals surface area contributed by atoms with Crippen molar-refractivity contribution < 1.29 is 4.79 Å². The second kappa shape index (κ2) is 6.09. The van der Waals surface area contributed by atoms with Gasteiger partial charge in [-0.3, -0.25) is 9.36 Å². The third-order valence-electron chi connectivity index (χ3n) is 4.51. The van der Waals surface area contributed by atoms with Crippen LogP contribution in [0.25, 0.3) is 16.7 Å². The number of rotatable bonds is 3. The Balaban J connectivity index is 1.61. The van der Waals surface area contributed by atoms with E-state index in [4.69, 9.17) is 0 Å². The molecule has 2 N–H and O–H groups in total. The molecule has 5 heteroatoms. The lowest BCUT2D eigenvalue weighted by molar-refractivity contribution is 0.0940. The first-order valence-electron chi connectivity index (χ1n) is 8.28. The highest BCUT2D eigenvalue weighted by molar-refractivity contribution is 5.94. The molecule has 1 atom stereocenters. The Labute approximate surface area is 140 Å². The van der Waals surface area contributed by atoms with E-state index in [9.17, 15) is 4.79 Å². The zero-order valence-corrected chi connectivity index (χ0v) is 13.6. The minimum atomic E-state index is -0.0116. The third kappa shape index (κ3) is 2.67. The summed E-state index contributed by atoms with van der Waals surface area (Å²) in [5.74, 6) is 0.924. The van der Waals surface area contributed by atoms with Gasteiger partial charge in [0.25, 0.3) is 5.91 Å². The average Bonchev–Trinajstić information content (AvgIpc) is 3.21. The predicted octanol–water partition coefficient (Wildman–Crippen LogP) is 2.43. The van der Waals surface area contributed by atoms with Crippen LogP contribution in [0.4, 0.5) is 0 Å². The molecule has 122 valence electrons. The monoisotopic (exact) mass is 320 g/mol. The lowest BCUT2D eigenvalue weighted by atomic mass is 10.1. The average molecular weight is 320 g/mol. The maximum atomic E-state index is 12.3. The number of carbonyl (C=O) groups is 1. The van der Waals surface area contributed by atoms with E-state index in [1.807, 2.05) is 49.4 Å². The quantitative estimate of drug-likeness (QED) is 0.779. The lowest BCUT2D eigenvalue weighted by Gasteiger charge is -2.12. The van der Waals surface area contributed by atoms with Gasteiger partial charge in [0.1, 0.15) is 5.82 Å². The molecule has 24 heavy (non-hydrogen) atoms. The molecule has 2 heterocycles. The van der Waals surface area contributed by atoms with Crippen LogP contribution >= 0.6 is 0 Å². The summed E-state index contributed by atoms with van der Waals surface area (Å²) in [6, 6.07) is 16.0. The summed E-state index contributed by atoms with van der Waals surface area (Å²) in [5, 5.41) is 6.32. The third-order valence-corrected chi connectivity index (χ3v) is 4.51. The van der Waals surface area contributed by atoms with Gasteiger partial charge >= 0.3 is 0 Å². The van der Waals surface area contributed by atoms with E-state index in [0.29, 0.717) is 5.56 Å². The largest absolute Gasteiger partial charge is 0.348 e. The number of para-hydroxylation sites is 2. The molecule has 1 amide bonds. The molecule has 2 aromatic carbocycles. The predicted molar refractivity (Wildman–Crippen MR) is 94.5 cm³/mol. The highest BCUT2D eigenvalue weighted by Crippen LogP contribution is 2.21. The molecule has 3 aromatic rings. The molecule has 1 aliphatic heterocycles. The highest BCUT2D eigenvalue weighted by Gasteiger charge is 2.17. The normalized spacial score (nSPS) is 17.3. The summed E-state index contributed by atoms with van der Waals surface area (Å²) in [4.78, 5) is 16.9. The van der Waals surface area contributed by atoms with Gasteiger partial charge in [0.05, 0.1) is 11.0 Å². The second-order valence-corrected chi connectivity index (χ2v) is 6.19. The summed E-state index contributed by atoms with van der Waals surface area (Å²) < 4.78 is 2.11. The smallest absolute Gasteiger partial charge is 0.251 e. The highest BCUT2D eigenvalue weighted by atomic mass is 16.1. The Morgan fingerprint density at radius 3 is 2.75 bits per heavy atom. The number of aryl methyl sites for hydroxylation is 1. The van der Waals surface area contributed by atoms with Crippen molar-refractivity contribution >= 4 is 16.9 Å². The van der Waals surface area contributed by atoms with Gasteiger partial charge in [-0.15, -0.1) is 0 Å². The van der Waals surface area contributed by atoms with E-state index < -0.39 is 0 Å². The fraction of sp³-hybridized carbons (Fsp3) is 0.263. The van der Waals surface area contributed by atoms with Crippen LogP contribution in [0, 0.1) is 6.92 Å². The molecule has 1 fully saturated rings. The number of nitrogens with zero attached hydrogens (tertiary/aromatic N) is 2. The molecule has 0 bridgehead atoms. The summed E-state index contributed by atoms with van der Waals surface area (Å²) in [5.41, 5.74) is 3.75. The number of amides is 1.